The molecule has 2 aromatic rings. The number of aromatic nitrogens is 4. The molecule has 0 spiro atoms. The normalized spacial score (nSPS) is 19.0. The molecular weight excluding hydrogens is 290 g/mol. The Kier molecular flexibility index (Phi) is 3.96. The van der Waals surface area contributed by atoms with Gasteiger partial charge in [0, 0.05) is 13.1 Å². The molecule has 21 heavy (non-hydrogen) atoms. The van der Waals surface area contributed by atoms with Crippen LogP contribution < -0.4 is 0 Å². The zero-order chi connectivity index (χ0) is 14.8. The fraction of sp³-hybridized carbons (Fsp3) is 0.615. The van der Waals surface area contributed by atoms with Gasteiger partial charge in [-0.2, -0.15) is 4.98 Å². The second-order valence-electron chi connectivity index (χ2n) is 5.17. The van der Waals surface area contributed by atoms with Gasteiger partial charge in [0.25, 0.3) is 5.91 Å². The topological polar surface area (TPSA) is 85.0 Å². The number of carbonyl (C=O) groups excluding carboxylic acids is 1. The summed E-state index contributed by atoms with van der Waals surface area (Å²) in [6.07, 6.45) is 2.62. The van der Waals surface area contributed by atoms with Crippen molar-refractivity contribution >= 4 is 17.4 Å². The highest BCUT2D eigenvalue weighted by molar-refractivity contribution is 7.08. The van der Waals surface area contributed by atoms with Gasteiger partial charge in [0.2, 0.25) is 5.89 Å². The van der Waals surface area contributed by atoms with E-state index in [0.717, 1.165) is 31.5 Å². The van der Waals surface area contributed by atoms with Crippen molar-refractivity contribution in [2.75, 3.05) is 13.1 Å². The van der Waals surface area contributed by atoms with Gasteiger partial charge in [-0.05, 0) is 37.7 Å². The molecular formula is C13H17N5O2S. The van der Waals surface area contributed by atoms with Gasteiger partial charge in [0.15, 0.2) is 5.82 Å². The summed E-state index contributed by atoms with van der Waals surface area (Å²) in [4.78, 5) is 19.4. The first-order valence-corrected chi connectivity index (χ1v) is 7.87. The van der Waals surface area contributed by atoms with E-state index in [1.165, 1.54) is 11.5 Å². The molecule has 7 nitrogen and oxygen atoms in total. The standard InChI is InChI=1S/C13H17N5O2S/c1-3-10-11(21-17-15-10)13(19)18-6-4-5-9(7-18)12-14-8(2)16-20-12/h9H,3-7H2,1-2H3. The molecule has 1 aliphatic rings. The molecule has 1 atom stereocenters. The smallest absolute Gasteiger partial charge is 0.267 e. The second kappa shape index (κ2) is 5.88. The van der Waals surface area contributed by atoms with E-state index < -0.39 is 0 Å². The Morgan fingerprint density at radius 1 is 1.52 bits per heavy atom. The fourth-order valence-electron chi connectivity index (χ4n) is 2.59. The quantitative estimate of drug-likeness (QED) is 0.859. The van der Waals surface area contributed by atoms with Crippen LogP contribution in [0.25, 0.3) is 0 Å². The number of hydrogen-bond acceptors (Lipinski definition) is 7. The molecule has 1 amide bonds. The van der Waals surface area contributed by atoms with Gasteiger partial charge in [-0.15, -0.1) is 5.10 Å². The van der Waals surface area contributed by atoms with Crippen LogP contribution in [-0.4, -0.2) is 43.6 Å². The minimum atomic E-state index is 0.0165. The van der Waals surface area contributed by atoms with E-state index in [4.69, 9.17) is 4.52 Å². The van der Waals surface area contributed by atoms with Gasteiger partial charge in [0.05, 0.1) is 11.6 Å². The summed E-state index contributed by atoms with van der Waals surface area (Å²) in [6.45, 7) is 5.15. The van der Waals surface area contributed by atoms with Crippen LogP contribution in [-0.2, 0) is 6.42 Å². The number of amides is 1. The molecule has 0 bridgehead atoms. The van der Waals surface area contributed by atoms with Crippen LogP contribution in [0.3, 0.4) is 0 Å². The molecule has 8 heteroatoms. The third kappa shape index (κ3) is 2.80. The lowest BCUT2D eigenvalue weighted by atomic mass is 9.97. The molecule has 2 aromatic heterocycles. The van der Waals surface area contributed by atoms with Crippen molar-refractivity contribution in [3.8, 4) is 0 Å². The van der Waals surface area contributed by atoms with Crippen LogP contribution in [0.4, 0.5) is 0 Å². The van der Waals surface area contributed by atoms with Crippen LogP contribution >= 0.6 is 11.5 Å². The molecule has 0 saturated carbocycles. The number of likely N-dealkylation sites (tertiary alicyclic amines) is 1. The van der Waals surface area contributed by atoms with Crippen molar-refractivity contribution in [3.05, 3.63) is 22.3 Å². The number of aryl methyl sites for hydroxylation is 2. The first-order valence-electron chi connectivity index (χ1n) is 7.09. The van der Waals surface area contributed by atoms with Gasteiger partial charge in [0.1, 0.15) is 4.88 Å². The maximum absolute atomic E-state index is 12.6. The molecule has 1 unspecified atom stereocenters. The molecule has 0 aromatic carbocycles. The minimum Gasteiger partial charge on any atom is -0.339 e. The Morgan fingerprint density at radius 3 is 3.10 bits per heavy atom. The van der Waals surface area contributed by atoms with Gasteiger partial charge >= 0.3 is 0 Å². The molecule has 3 rings (SSSR count). The average molecular weight is 307 g/mol. The highest BCUT2D eigenvalue weighted by Crippen LogP contribution is 2.27. The Balaban J connectivity index is 1.75. The zero-order valence-electron chi connectivity index (χ0n) is 12.1. The Hall–Kier alpha value is -1.83. The molecule has 0 radical (unpaired) electrons. The first-order chi connectivity index (χ1) is 10.2. The van der Waals surface area contributed by atoms with Gasteiger partial charge in [-0.25, -0.2) is 0 Å². The Bertz CT molecular complexity index is 638. The number of nitrogens with zero attached hydrogens (tertiary/aromatic N) is 5. The van der Waals surface area contributed by atoms with E-state index in [2.05, 4.69) is 19.7 Å². The third-order valence-electron chi connectivity index (χ3n) is 3.69. The lowest BCUT2D eigenvalue weighted by Crippen LogP contribution is -2.39. The summed E-state index contributed by atoms with van der Waals surface area (Å²) in [5.41, 5.74) is 0.778. The predicted molar refractivity (Wildman–Crippen MR) is 76.2 cm³/mol. The Morgan fingerprint density at radius 2 is 2.38 bits per heavy atom. The largest absolute Gasteiger partial charge is 0.339 e. The number of piperidine rings is 1. The SMILES string of the molecule is CCc1nnsc1C(=O)N1CCCC(c2nc(C)no2)C1. The van der Waals surface area contributed by atoms with E-state index in [1.54, 1.807) is 6.92 Å². The number of carbonyl (C=O) groups is 1. The summed E-state index contributed by atoms with van der Waals surface area (Å²) in [5.74, 6) is 1.40. The first kappa shape index (κ1) is 14.1. The predicted octanol–water partition coefficient (Wildman–Crippen LogP) is 1.81. The summed E-state index contributed by atoms with van der Waals surface area (Å²) in [7, 11) is 0. The minimum absolute atomic E-state index is 0.0165. The van der Waals surface area contributed by atoms with E-state index in [-0.39, 0.29) is 11.8 Å². The highest BCUT2D eigenvalue weighted by Gasteiger charge is 2.30. The van der Waals surface area contributed by atoms with Crippen molar-refractivity contribution in [3.63, 3.8) is 0 Å². The molecule has 1 fully saturated rings. The summed E-state index contributed by atoms with van der Waals surface area (Å²) < 4.78 is 9.14. The molecule has 1 saturated heterocycles. The van der Waals surface area contributed by atoms with E-state index in [9.17, 15) is 4.79 Å². The van der Waals surface area contributed by atoms with Gasteiger partial charge in [-0.1, -0.05) is 16.6 Å². The molecule has 1 aliphatic heterocycles. The fourth-order valence-corrected chi connectivity index (χ4v) is 3.31. The van der Waals surface area contributed by atoms with Crippen LogP contribution in [0.2, 0.25) is 0 Å². The Labute approximate surface area is 126 Å². The summed E-state index contributed by atoms with van der Waals surface area (Å²) in [6, 6.07) is 0. The lowest BCUT2D eigenvalue weighted by Gasteiger charge is -2.30. The van der Waals surface area contributed by atoms with Crippen LogP contribution in [0, 0.1) is 6.92 Å². The second-order valence-corrected chi connectivity index (χ2v) is 5.93. The van der Waals surface area contributed by atoms with Crippen molar-refractivity contribution in [2.24, 2.45) is 0 Å². The number of hydrogen-bond donors (Lipinski definition) is 0. The van der Waals surface area contributed by atoms with Crippen LogP contribution in [0.5, 0.6) is 0 Å². The molecule has 3 heterocycles. The summed E-state index contributed by atoms with van der Waals surface area (Å²) >= 11 is 1.17. The van der Waals surface area contributed by atoms with Crippen molar-refractivity contribution in [1.82, 2.24) is 24.6 Å². The highest BCUT2D eigenvalue weighted by atomic mass is 32.1. The monoisotopic (exact) mass is 307 g/mol. The summed E-state index contributed by atoms with van der Waals surface area (Å²) in [5, 5.41) is 7.84. The van der Waals surface area contributed by atoms with Crippen molar-refractivity contribution < 1.29 is 9.32 Å². The van der Waals surface area contributed by atoms with Crippen LogP contribution in [0.1, 0.15) is 52.8 Å². The van der Waals surface area contributed by atoms with Crippen molar-refractivity contribution in [2.45, 2.75) is 39.0 Å². The maximum Gasteiger partial charge on any atom is 0.267 e. The molecule has 112 valence electrons. The molecule has 0 N–H and O–H groups in total. The maximum atomic E-state index is 12.6. The average Bonchev–Trinajstić information content (AvgIpc) is 3.15. The van der Waals surface area contributed by atoms with E-state index >= 15 is 0 Å². The van der Waals surface area contributed by atoms with Gasteiger partial charge < -0.3 is 9.42 Å². The van der Waals surface area contributed by atoms with Crippen LogP contribution in [0.15, 0.2) is 4.52 Å². The van der Waals surface area contributed by atoms with E-state index in [1.807, 2.05) is 11.8 Å². The number of rotatable bonds is 3. The third-order valence-corrected chi connectivity index (χ3v) is 4.44. The van der Waals surface area contributed by atoms with Crippen molar-refractivity contribution in [1.29, 1.82) is 0 Å². The lowest BCUT2D eigenvalue weighted by molar-refractivity contribution is 0.0699. The zero-order valence-corrected chi connectivity index (χ0v) is 12.9. The van der Waals surface area contributed by atoms with E-state index in [0.29, 0.717) is 23.1 Å². The van der Waals surface area contributed by atoms with Gasteiger partial charge in [-0.3, -0.25) is 4.79 Å². The molecule has 0 aliphatic carbocycles.